The highest BCUT2D eigenvalue weighted by molar-refractivity contribution is 7.89. The highest BCUT2D eigenvalue weighted by Crippen LogP contribution is 2.21. The van der Waals surface area contributed by atoms with Gasteiger partial charge in [0.1, 0.15) is 0 Å². The summed E-state index contributed by atoms with van der Waals surface area (Å²) in [6.07, 6.45) is 0. The van der Waals surface area contributed by atoms with Crippen molar-refractivity contribution in [3.8, 4) is 0 Å². The van der Waals surface area contributed by atoms with E-state index in [4.69, 9.17) is 0 Å². The smallest absolute Gasteiger partial charge is 0.255 e. The van der Waals surface area contributed by atoms with Gasteiger partial charge in [-0.15, -0.1) is 0 Å². The van der Waals surface area contributed by atoms with Crippen molar-refractivity contribution >= 4 is 33.0 Å². The molecule has 29 heavy (non-hydrogen) atoms. The average molecular weight is 408 g/mol. The second-order valence-electron chi connectivity index (χ2n) is 6.35. The molecule has 0 saturated carbocycles. The second-order valence-corrected chi connectivity index (χ2v) is 8.50. The van der Waals surface area contributed by atoms with Crippen molar-refractivity contribution in [2.75, 3.05) is 19.4 Å². The van der Waals surface area contributed by atoms with Crippen LogP contribution in [0.5, 0.6) is 0 Å². The normalized spacial score (nSPS) is 11.7. The summed E-state index contributed by atoms with van der Waals surface area (Å²) in [4.78, 5) is 12.6. The molecule has 0 aliphatic rings. The molecule has 3 aromatic carbocycles. The Morgan fingerprint density at radius 2 is 1.45 bits per heavy atom. The van der Waals surface area contributed by atoms with Crippen LogP contribution < -0.4 is 5.32 Å². The Bertz CT molecular complexity index is 1130. The molecule has 1 N–H and O–H groups in total. The fourth-order valence-corrected chi connectivity index (χ4v) is 3.38. The van der Waals surface area contributed by atoms with Gasteiger partial charge in [-0.1, -0.05) is 24.3 Å². The van der Waals surface area contributed by atoms with Crippen LogP contribution in [0.4, 0.5) is 17.1 Å². The lowest BCUT2D eigenvalue weighted by Crippen LogP contribution is -2.22. The number of anilines is 1. The van der Waals surface area contributed by atoms with Gasteiger partial charge in [0, 0.05) is 25.3 Å². The van der Waals surface area contributed by atoms with E-state index in [1.807, 2.05) is 30.3 Å². The van der Waals surface area contributed by atoms with Gasteiger partial charge in [0.2, 0.25) is 10.0 Å². The van der Waals surface area contributed by atoms with Crippen molar-refractivity contribution in [3.63, 3.8) is 0 Å². The number of rotatable bonds is 6. The first-order chi connectivity index (χ1) is 13.9. The molecule has 3 aromatic rings. The lowest BCUT2D eigenvalue weighted by molar-refractivity contribution is 0.102. The van der Waals surface area contributed by atoms with Crippen LogP contribution in [0.1, 0.15) is 10.4 Å². The number of carbonyl (C=O) groups is 1. The Hall–Kier alpha value is -3.36. The first-order valence-electron chi connectivity index (χ1n) is 8.77. The molecule has 0 aliphatic heterocycles. The molecular formula is C21H20N4O3S. The number of amides is 1. The van der Waals surface area contributed by atoms with E-state index in [0.717, 1.165) is 9.99 Å². The molecule has 0 bridgehead atoms. The number of nitrogens with zero attached hydrogens (tertiary/aromatic N) is 3. The lowest BCUT2D eigenvalue weighted by atomic mass is 10.2. The summed E-state index contributed by atoms with van der Waals surface area (Å²) >= 11 is 0. The summed E-state index contributed by atoms with van der Waals surface area (Å²) in [6, 6.07) is 22.2. The third-order valence-electron chi connectivity index (χ3n) is 4.04. The predicted octanol–water partition coefficient (Wildman–Crippen LogP) is 4.60. The molecule has 0 saturated heterocycles. The monoisotopic (exact) mass is 408 g/mol. The molecule has 8 heteroatoms. The van der Waals surface area contributed by atoms with E-state index in [2.05, 4.69) is 15.5 Å². The summed E-state index contributed by atoms with van der Waals surface area (Å²) in [6.45, 7) is 0. The molecule has 0 aromatic heterocycles. The first-order valence-corrected chi connectivity index (χ1v) is 10.2. The molecule has 0 unspecified atom stereocenters. The van der Waals surface area contributed by atoms with Gasteiger partial charge in [-0.25, -0.2) is 12.7 Å². The highest BCUT2D eigenvalue weighted by atomic mass is 32.2. The third-order valence-corrected chi connectivity index (χ3v) is 5.85. The van der Waals surface area contributed by atoms with Crippen LogP contribution in [0.15, 0.2) is 94.0 Å². The Morgan fingerprint density at radius 3 is 2.07 bits per heavy atom. The Morgan fingerprint density at radius 1 is 0.828 bits per heavy atom. The van der Waals surface area contributed by atoms with Crippen LogP contribution in [-0.4, -0.2) is 32.7 Å². The molecule has 3 rings (SSSR count). The molecule has 0 aliphatic carbocycles. The van der Waals surface area contributed by atoms with Crippen LogP contribution in [0.2, 0.25) is 0 Å². The maximum absolute atomic E-state index is 12.5. The van der Waals surface area contributed by atoms with Gasteiger partial charge in [0.05, 0.1) is 16.3 Å². The van der Waals surface area contributed by atoms with Crippen LogP contribution >= 0.6 is 0 Å². The maximum atomic E-state index is 12.5. The summed E-state index contributed by atoms with van der Waals surface area (Å²) < 4.78 is 25.6. The molecular weight excluding hydrogens is 388 g/mol. The van der Waals surface area contributed by atoms with Crippen LogP contribution in [0.3, 0.4) is 0 Å². The van der Waals surface area contributed by atoms with Crippen LogP contribution in [-0.2, 0) is 10.0 Å². The van der Waals surface area contributed by atoms with Crippen molar-refractivity contribution < 1.29 is 13.2 Å². The lowest BCUT2D eigenvalue weighted by Gasteiger charge is -2.12. The van der Waals surface area contributed by atoms with Crippen molar-refractivity contribution in [3.05, 3.63) is 84.4 Å². The quantitative estimate of drug-likeness (QED) is 0.604. The molecule has 7 nitrogen and oxygen atoms in total. The van der Waals surface area contributed by atoms with Gasteiger partial charge in [0.15, 0.2) is 0 Å². The largest absolute Gasteiger partial charge is 0.322 e. The SMILES string of the molecule is CN(C)S(=O)(=O)c1cccc(C(=O)Nc2ccc(N=Nc3ccccc3)cc2)c1. The molecule has 0 radical (unpaired) electrons. The maximum Gasteiger partial charge on any atom is 0.255 e. The third kappa shape index (κ3) is 5.13. The van der Waals surface area contributed by atoms with Gasteiger partial charge in [0.25, 0.3) is 5.91 Å². The fourth-order valence-electron chi connectivity index (χ4n) is 2.43. The van der Waals surface area contributed by atoms with Gasteiger partial charge < -0.3 is 5.32 Å². The number of carbonyl (C=O) groups excluding carboxylic acids is 1. The Kier molecular flexibility index (Phi) is 6.16. The Balaban J connectivity index is 1.71. The zero-order valence-electron chi connectivity index (χ0n) is 16.0. The minimum absolute atomic E-state index is 0.0619. The molecule has 148 valence electrons. The number of azo groups is 1. The molecule has 0 atom stereocenters. The zero-order valence-corrected chi connectivity index (χ0v) is 16.8. The van der Waals surface area contributed by atoms with E-state index in [-0.39, 0.29) is 10.5 Å². The van der Waals surface area contributed by atoms with Crippen molar-refractivity contribution in [1.82, 2.24) is 4.31 Å². The van der Waals surface area contributed by atoms with E-state index in [0.29, 0.717) is 11.4 Å². The number of nitrogens with one attached hydrogen (secondary N) is 1. The van der Waals surface area contributed by atoms with Crippen molar-refractivity contribution in [2.45, 2.75) is 4.90 Å². The molecule has 0 fully saturated rings. The van der Waals surface area contributed by atoms with Crippen molar-refractivity contribution in [1.29, 1.82) is 0 Å². The topological polar surface area (TPSA) is 91.2 Å². The number of sulfonamides is 1. The summed E-state index contributed by atoms with van der Waals surface area (Å²) in [7, 11) is -0.724. The summed E-state index contributed by atoms with van der Waals surface area (Å²) in [5.41, 5.74) is 2.21. The van der Waals surface area contributed by atoms with Crippen molar-refractivity contribution in [2.24, 2.45) is 10.2 Å². The van der Waals surface area contributed by atoms with E-state index in [9.17, 15) is 13.2 Å². The van der Waals surface area contributed by atoms with E-state index in [1.54, 1.807) is 36.4 Å². The van der Waals surface area contributed by atoms with E-state index < -0.39 is 15.9 Å². The molecule has 1 amide bonds. The van der Waals surface area contributed by atoms with Gasteiger partial charge in [-0.2, -0.15) is 10.2 Å². The van der Waals surface area contributed by atoms with Gasteiger partial charge in [-0.3, -0.25) is 4.79 Å². The fraction of sp³-hybridized carbons (Fsp3) is 0.0952. The second kappa shape index (κ2) is 8.76. The minimum atomic E-state index is -3.61. The number of hydrogen-bond donors (Lipinski definition) is 1. The van der Waals surface area contributed by atoms with Crippen LogP contribution in [0, 0.1) is 0 Å². The summed E-state index contributed by atoms with van der Waals surface area (Å²) in [5, 5.41) is 11.0. The molecule has 0 spiro atoms. The van der Waals surface area contributed by atoms with Gasteiger partial charge >= 0.3 is 0 Å². The number of hydrogen-bond acceptors (Lipinski definition) is 5. The highest BCUT2D eigenvalue weighted by Gasteiger charge is 2.18. The predicted molar refractivity (Wildman–Crippen MR) is 112 cm³/mol. The molecule has 0 heterocycles. The zero-order chi connectivity index (χ0) is 20.9. The first kappa shape index (κ1) is 20.4. The van der Waals surface area contributed by atoms with Gasteiger partial charge in [-0.05, 0) is 54.6 Å². The standard InChI is InChI=1S/C21H20N4O3S/c1-25(2)29(27,28)20-10-6-7-16(15-20)21(26)22-17-11-13-19(14-12-17)24-23-18-8-4-3-5-9-18/h3-15H,1-2H3,(H,22,26). The van der Waals surface area contributed by atoms with E-state index >= 15 is 0 Å². The Labute approximate surface area is 169 Å². The summed E-state index contributed by atoms with van der Waals surface area (Å²) in [5.74, 6) is -0.403. The number of benzene rings is 3. The van der Waals surface area contributed by atoms with Crippen LogP contribution in [0.25, 0.3) is 0 Å². The minimum Gasteiger partial charge on any atom is -0.322 e. The van der Waals surface area contributed by atoms with E-state index in [1.165, 1.54) is 26.2 Å². The average Bonchev–Trinajstić information content (AvgIpc) is 2.74.